The molecule has 0 radical (unpaired) electrons. The van der Waals surface area contributed by atoms with Crippen LogP contribution < -0.4 is 4.74 Å². The fourth-order valence-corrected chi connectivity index (χ4v) is 5.14. The Balaban J connectivity index is 1.95. The van der Waals surface area contributed by atoms with Gasteiger partial charge >= 0.3 is 5.97 Å². The van der Waals surface area contributed by atoms with Crippen LogP contribution in [0.4, 0.5) is 0 Å². The normalized spacial score (nSPS) is 14.6. The van der Waals surface area contributed by atoms with Crippen molar-refractivity contribution in [2.24, 2.45) is 0 Å². The van der Waals surface area contributed by atoms with E-state index < -0.39 is 5.97 Å². The van der Waals surface area contributed by atoms with Gasteiger partial charge in [0.2, 0.25) is 0 Å². The monoisotopic (exact) mass is 404 g/mol. The molecule has 3 rings (SSSR count). The molecule has 1 aliphatic heterocycles. The zero-order chi connectivity index (χ0) is 18.7. The summed E-state index contributed by atoms with van der Waals surface area (Å²) in [5, 5.41) is 9.22. The zero-order valence-electron chi connectivity index (χ0n) is 14.3. The van der Waals surface area contributed by atoms with Crippen LogP contribution in [-0.2, 0) is 4.08 Å². The Labute approximate surface area is 166 Å². The van der Waals surface area contributed by atoms with Gasteiger partial charge in [0.1, 0.15) is 5.75 Å². The van der Waals surface area contributed by atoms with Gasteiger partial charge in [0.25, 0.3) is 0 Å². The van der Waals surface area contributed by atoms with Gasteiger partial charge in [-0.05, 0) is 48.9 Å². The summed E-state index contributed by atoms with van der Waals surface area (Å²) in [5.41, 5.74) is 2.80. The lowest BCUT2D eigenvalue weighted by molar-refractivity contribution is 0.0697. The van der Waals surface area contributed by atoms with Crippen molar-refractivity contribution < 1.29 is 14.6 Å². The number of hydrogen-bond donors (Lipinski definition) is 1. The standard InChI is InChI=1S/C20H17ClO3S2/c1-25-20(26-2)9-10-24-18-8-6-13(11-16(18)20)3-4-14-5-7-15(19(22)23)17(21)12-14/h5-8,11-12H,9-10H2,1-2H3,(H,22,23). The fraction of sp³-hybridized carbons (Fsp3) is 0.250. The van der Waals surface area contributed by atoms with Crippen LogP contribution in [0.2, 0.25) is 5.02 Å². The minimum atomic E-state index is -1.05. The molecule has 0 saturated carbocycles. The Morgan fingerprint density at radius 1 is 1.15 bits per heavy atom. The second-order valence-electron chi connectivity index (χ2n) is 5.72. The molecule has 0 fully saturated rings. The second-order valence-corrected chi connectivity index (χ2v) is 8.60. The van der Waals surface area contributed by atoms with Crippen molar-refractivity contribution in [3.63, 3.8) is 0 Å². The number of halogens is 1. The lowest BCUT2D eigenvalue weighted by Gasteiger charge is -2.36. The molecule has 0 spiro atoms. The van der Waals surface area contributed by atoms with E-state index in [4.69, 9.17) is 21.4 Å². The van der Waals surface area contributed by atoms with E-state index in [1.807, 2.05) is 35.7 Å². The number of carboxylic acids is 1. The summed E-state index contributed by atoms with van der Waals surface area (Å²) in [6.45, 7) is 0.716. The molecular weight excluding hydrogens is 388 g/mol. The summed E-state index contributed by atoms with van der Waals surface area (Å²) in [7, 11) is 0. The first-order valence-electron chi connectivity index (χ1n) is 7.91. The zero-order valence-corrected chi connectivity index (χ0v) is 16.7. The maximum atomic E-state index is 11.0. The van der Waals surface area contributed by atoms with E-state index in [9.17, 15) is 4.79 Å². The smallest absolute Gasteiger partial charge is 0.337 e. The van der Waals surface area contributed by atoms with E-state index in [0.29, 0.717) is 12.2 Å². The maximum absolute atomic E-state index is 11.0. The van der Waals surface area contributed by atoms with E-state index in [0.717, 1.165) is 23.3 Å². The summed E-state index contributed by atoms with van der Waals surface area (Å²) in [5.74, 6) is 6.07. The van der Waals surface area contributed by atoms with Crippen LogP contribution in [0.25, 0.3) is 0 Å². The summed E-state index contributed by atoms with van der Waals surface area (Å²) in [4.78, 5) is 11.0. The predicted molar refractivity (Wildman–Crippen MR) is 110 cm³/mol. The minimum absolute atomic E-state index is 0.0162. The van der Waals surface area contributed by atoms with Crippen molar-refractivity contribution >= 4 is 41.1 Å². The van der Waals surface area contributed by atoms with Crippen molar-refractivity contribution in [2.45, 2.75) is 10.5 Å². The molecule has 0 amide bonds. The lowest BCUT2D eigenvalue weighted by Crippen LogP contribution is -2.26. The van der Waals surface area contributed by atoms with Crippen LogP contribution in [0.5, 0.6) is 5.75 Å². The third kappa shape index (κ3) is 3.68. The van der Waals surface area contributed by atoms with Gasteiger partial charge in [0.05, 0.1) is 21.3 Å². The Kier molecular flexibility index (Phi) is 5.76. The molecule has 1 aliphatic rings. The summed E-state index contributed by atoms with van der Waals surface area (Å²) in [6, 6.07) is 10.7. The molecule has 0 aliphatic carbocycles. The maximum Gasteiger partial charge on any atom is 0.337 e. The fourth-order valence-electron chi connectivity index (χ4n) is 2.88. The molecule has 0 unspecified atom stereocenters. The summed E-state index contributed by atoms with van der Waals surface area (Å²) in [6.07, 6.45) is 5.19. The molecule has 1 N–H and O–H groups in total. The highest BCUT2D eigenvalue weighted by Gasteiger charge is 2.36. The topological polar surface area (TPSA) is 46.5 Å². The molecule has 134 valence electrons. The highest BCUT2D eigenvalue weighted by atomic mass is 35.5. The Bertz CT molecular complexity index is 911. The van der Waals surface area contributed by atoms with E-state index in [-0.39, 0.29) is 14.7 Å². The lowest BCUT2D eigenvalue weighted by atomic mass is 10.0. The Hall–Kier alpha value is -1.74. The number of hydrogen-bond acceptors (Lipinski definition) is 4. The van der Waals surface area contributed by atoms with E-state index in [2.05, 4.69) is 30.4 Å². The molecule has 2 aromatic rings. The first-order valence-corrected chi connectivity index (χ1v) is 10.7. The van der Waals surface area contributed by atoms with E-state index in [1.54, 1.807) is 12.1 Å². The molecule has 0 aromatic heterocycles. The van der Waals surface area contributed by atoms with Crippen molar-refractivity contribution in [3.8, 4) is 17.6 Å². The number of fused-ring (bicyclic) bond motifs is 1. The summed E-state index contributed by atoms with van der Waals surface area (Å²) < 4.78 is 5.79. The van der Waals surface area contributed by atoms with Crippen LogP contribution in [0.3, 0.4) is 0 Å². The van der Waals surface area contributed by atoms with Crippen molar-refractivity contribution in [1.29, 1.82) is 0 Å². The van der Waals surface area contributed by atoms with Crippen molar-refractivity contribution in [2.75, 3.05) is 19.1 Å². The van der Waals surface area contributed by atoms with E-state index >= 15 is 0 Å². The van der Waals surface area contributed by atoms with Gasteiger partial charge in [-0.1, -0.05) is 23.4 Å². The van der Waals surface area contributed by atoms with Gasteiger partial charge in [-0.2, -0.15) is 0 Å². The first kappa shape index (κ1) is 19.0. The van der Waals surface area contributed by atoms with Crippen LogP contribution in [-0.4, -0.2) is 30.2 Å². The highest BCUT2D eigenvalue weighted by molar-refractivity contribution is 8.16. The summed E-state index contributed by atoms with van der Waals surface area (Å²) >= 11 is 9.66. The largest absolute Gasteiger partial charge is 0.493 e. The van der Waals surface area contributed by atoms with Gasteiger partial charge in [-0.3, -0.25) is 0 Å². The van der Waals surface area contributed by atoms with Crippen molar-refractivity contribution in [3.05, 3.63) is 63.7 Å². The molecule has 6 heteroatoms. The Morgan fingerprint density at radius 3 is 2.42 bits per heavy atom. The first-order chi connectivity index (χ1) is 12.5. The quantitative estimate of drug-likeness (QED) is 0.569. The number of benzene rings is 2. The molecule has 3 nitrogen and oxygen atoms in total. The van der Waals surface area contributed by atoms with Gasteiger partial charge in [-0.15, -0.1) is 23.5 Å². The number of rotatable bonds is 3. The minimum Gasteiger partial charge on any atom is -0.493 e. The molecule has 26 heavy (non-hydrogen) atoms. The second kappa shape index (κ2) is 7.87. The van der Waals surface area contributed by atoms with Crippen LogP contribution >= 0.6 is 35.1 Å². The number of carbonyl (C=O) groups is 1. The Morgan fingerprint density at radius 2 is 1.81 bits per heavy atom. The average Bonchev–Trinajstić information content (AvgIpc) is 2.65. The van der Waals surface area contributed by atoms with Gasteiger partial charge in [0.15, 0.2) is 0 Å². The van der Waals surface area contributed by atoms with Crippen molar-refractivity contribution in [1.82, 2.24) is 0 Å². The number of carboxylic acid groups (broad SMARTS) is 1. The molecule has 0 atom stereocenters. The van der Waals surface area contributed by atoms with E-state index in [1.165, 1.54) is 6.07 Å². The van der Waals surface area contributed by atoms with Crippen LogP contribution in [0.15, 0.2) is 36.4 Å². The third-order valence-electron chi connectivity index (χ3n) is 4.29. The van der Waals surface area contributed by atoms with Crippen LogP contribution in [0.1, 0.15) is 33.5 Å². The number of ether oxygens (including phenoxy) is 1. The molecular formula is C20H17ClO3S2. The predicted octanol–water partition coefficient (Wildman–Crippen LogP) is 5.10. The number of aromatic carboxylic acids is 1. The van der Waals surface area contributed by atoms with Gasteiger partial charge in [0, 0.05) is 23.1 Å². The molecule has 1 heterocycles. The SMILES string of the molecule is CSC1(SC)CCOc2ccc(C#Cc3ccc(C(=O)O)c(Cl)c3)cc21. The number of thioether (sulfide) groups is 2. The molecule has 0 saturated heterocycles. The van der Waals surface area contributed by atoms with Crippen LogP contribution in [0, 0.1) is 11.8 Å². The molecule has 0 bridgehead atoms. The third-order valence-corrected chi connectivity index (χ3v) is 7.77. The van der Waals surface area contributed by atoms with Gasteiger partial charge in [-0.25, -0.2) is 4.79 Å². The average molecular weight is 405 g/mol. The highest BCUT2D eigenvalue weighted by Crippen LogP contribution is 2.52. The molecule has 2 aromatic carbocycles. The van der Waals surface area contributed by atoms with Gasteiger partial charge < -0.3 is 9.84 Å².